The fourth-order valence-electron chi connectivity index (χ4n) is 5.99. The van der Waals surface area contributed by atoms with Crippen molar-refractivity contribution < 1.29 is 20.3 Å². The topological polar surface area (TPSA) is 61.5 Å². The molecule has 0 aromatic heterocycles. The molecule has 0 radical (unpaired) electrons. The van der Waals surface area contributed by atoms with E-state index in [1.54, 1.807) is 0 Å². The summed E-state index contributed by atoms with van der Waals surface area (Å²) >= 11 is -0.226. The van der Waals surface area contributed by atoms with Gasteiger partial charge in [-0.2, -0.15) is 0 Å². The molecule has 4 nitrogen and oxygen atoms in total. The summed E-state index contributed by atoms with van der Waals surface area (Å²) in [5.74, 6) is 4.13. The van der Waals surface area contributed by atoms with Crippen LogP contribution in [0.1, 0.15) is 77.3 Å². The average Bonchev–Trinajstić information content (AvgIpc) is 3.22. The fourth-order valence-corrected chi connectivity index (χ4v) is 5.99. The van der Waals surface area contributed by atoms with Crippen LogP contribution in [-0.4, -0.2) is 42.7 Å². The molecular weight excluding hydrogens is 652 g/mol. The van der Waals surface area contributed by atoms with Gasteiger partial charge in [-0.15, -0.1) is 0 Å². The van der Waals surface area contributed by atoms with E-state index in [-0.39, 0.29) is 29.2 Å². The zero-order valence-corrected chi connectivity index (χ0v) is 30.1. The molecule has 2 aromatic carbocycles. The molecule has 3 aliphatic rings. The second-order valence-corrected chi connectivity index (χ2v) is 14.1. The number of aliphatic hydroxyl groups is 1. The van der Waals surface area contributed by atoms with Crippen molar-refractivity contribution in [3.8, 4) is 0 Å². The molecule has 2 saturated heterocycles. The van der Waals surface area contributed by atoms with Crippen LogP contribution in [-0.2, 0) is 28.3 Å². The smallest absolute Gasteiger partial charge is 0.0233 e. The van der Waals surface area contributed by atoms with Crippen LogP contribution >= 0.6 is 19.4 Å². The molecular formula is C35H60Cl2N3ORh-. The van der Waals surface area contributed by atoms with Gasteiger partial charge in [0.25, 0.3) is 0 Å². The van der Waals surface area contributed by atoms with Crippen molar-refractivity contribution in [1.29, 1.82) is 0 Å². The Hall–Kier alpha value is -0.517. The quantitative estimate of drug-likeness (QED) is 0.220. The van der Waals surface area contributed by atoms with Crippen molar-refractivity contribution >= 4 is 19.4 Å². The van der Waals surface area contributed by atoms with Gasteiger partial charge in [-0.3, -0.25) is 4.90 Å². The predicted octanol–water partition coefficient (Wildman–Crippen LogP) is 8.56. The monoisotopic (exact) mass is 711 g/mol. The van der Waals surface area contributed by atoms with Crippen LogP contribution in [0.25, 0.3) is 0 Å². The van der Waals surface area contributed by atoms with Gasteiger partial charge in [-0.1, -0.05) is 101 Å². The average molecular weight is 713 g/mol. The van der Waals surface area contributed by atoms with Gasteiger partial charge in [0, 0.05) is 6.54 Å². The number of hydrogen-bond donors (Lipinski definition) is 3. The standard InChI is InChI=1S/C12H17N.C10H21N.C7H8O.C5H11N.CH3.2ClH.Rh/c1-3-7-12(8-4-1)11-13-9-5-2-6-10-13;1-6-7(2)9(4)10(5-11)8(6)3;8-6-7-4-2-1-3-5-7;1-2-4-6-5-3-1;;;;/h1,3-4,7-8H,2,5-6,9-11H2;6-10H,5,11H2,1-4H3;1-5,8H,6H2;6H,1-5H2;1H3;2*1H;/q;;;;-1;;;+2/p-2. The van der Waals surface area contributed by atoms with Crippen molar-refractivity contribution in [3.05, 3.63) is 79.2 Å². The third-order valence-electron chi connectivity index (χ3n) is 9.04. The molecule has 245 valence electrons. The number of benzene rings is 2. The van der Waals surface area contributed by atoms with Crippen molar-refractivity contribution in [2.75, 3.05) is 32.7 Å². The van der Waals surface area contributed by atoms with E-state index in [1.165, 1.54) is 70.3 Å². The van der Waals surface area contributed by atoms with E-state index in [0.717, 1.165) is 48.2 Å². The van der Waals surface area contributed by atoms with Crippen LogP contribution in [0.3, 0.4) is 0 Å². The van der Waals surface area contributed by atoms with Crippen LogP contribution in [0.2, 0.25) is 0 Å². The number of nitrogens with one attached hydrogen (secondary N) is 1. The Kier molecular flexibility index (Phi) is 26.5. The number of likely N-dealkylation sites (tertiary alicyclic amines) is 1. The summed E-state index contributed by atoms with van der Waals surface area (Å²) in [4.78, 5) is 2.55. The van der Waals surface area contributed by atoms with E-state index in [0.29, 0.717) is 0 Å². The van der Waals surface area contributed by atoms with Gasteiger partial charge in [-0.25, -0.2) is 0 Å². The summed E-state index contributed by atoms with van der Waals surface area (Å²) in [5, 5.41) is 11.8. The molecule has 7 heteroatoms. The fraction of sp³-hybridized carbons (Fsp3) is 0.629. The number of piperidine rings is 2. The number of halogens is 2. The summed E-state index contributed by atoms with van der Waals surface area (Å²) in [6.45, 7) is 16.6. The van der Waals surface area contributed by atoms with E-state index >= 15 is 0 Å². The third kappa shape index (κ3) is 17.7. The zero-order valence-electron chi connectivity index (χ0n) is 26.9. The van der Waals surface area contributed by atoms with Crippen molar-refractivity contribution in [1.82, 2.24) is 10.2 Å². The summed E-state index contributed by atoms with van der Waals surface area (Å²) in [7, 11) is 9.67. The first-order valence-electron chi connectivity index (χ1n) is 15.5. The van der Waals surface area contributed by atoms with Crippen molar-refractivity contribution in [3.63, 3.8) is 0 Å². The molecule has 2 aromatic rings. The molecule has 2 heterocycles. The van der Waals surface area contributed by atoms with Gasteiger partial charge < -0.3 is 23.6 Å². The molecule has 42 heavy (non-hydrogen) atoms. The second-order valence-electron chi connectivity index (χ2n) is 11.7. The number of rotatable bonds is 4. The molecule has 3 fully saturated rings. The minimum Gasteiger partial charge on any atom is -0.299 e. The normalized spacial score (nSPS) is 25.0. The molecule has 4 atom stereocenters. The summed E-state index contributed by atoms with van der Waals surface area (Å²) < 4.78 is 0. The minimum atomic E-state index is -0.226. The maximum absolute atomic E-state index is 8.54. The van der Waals surface area contributed by atoms with Crippen LogP contribution in [0.5, 0.6) is 0 Å². The van der Waals surface area contributed by atoms with Gasteiger partial charge in [0.05, 0.1) is 6.61 Å². The van der Waals surface area contributed by atoms with Gasteiger partial charge >= 0.3 is 34.5 Å². The number of nitrogens with two attached hydrogens (primary N) is 1. The Labute approximate surface area is 275 Å². The zero-order chi connectivity index (χ0) is 30.3. The van der Waals surface area contributed by atoms with E-state index in [4.69, 9.17) is 30.2 Å². The van der Waals surface area contributed by atoms with E-state index in [2.05, 4.69) is 68.2 Å². The molecule has 0 bridgehead atoms. The van der Waals surface area contributed by atoms with E-state index in [1.807, 2.05) is 30.3 Å². The number of hydrogen-bond acceptors (Lipinski definition) is 4. The predicted molar refractivity (Wildman–Crippen MR) is 182 cm³/mol. The first kappa shape index (κ1) is 41.5. The number of aliphatic hydroxyl groups excluding tert-OH is 1. The summed E-state index contributed by atoms with van der Waals surface area (Å²) in [5.41, 5.74) is 8.15. The first-order chi connectivity index (χ1) is 19.9. The Balaban J connectivity index is 0.000000529. The van der Waals surface area contributed by atoms with Gasteiger partial charge in [0.15, 0.2) is 0 Å². The molecule has 0 amide bonds. The molecule has 5 rings (SSSR count). The number of nitrogens with zero attached hydrogens (tertiary/aromatic N) is 1. The van der Waals surface area contributed by atoms with Crippen LogP contribution in [0.15, 0.2) is 60.7 Å². The van der Waals surface area contributed by atoms with E-state index < -0.39 is 0 Å². The van der Waals surface area contributed by atoms with Crippen LogP contribution < -0.4 is 11.1 Å². The molecule has 0 spiro atoms. The van der Waals surface area contributed by atoms with Gasteiger partial charge in [0.2, 0.25) is 0 Å². The van der Waals surface area contributed by atoms with Crippen LogP contribution in [0, 0.1) is 37.0 Å². The molecule has 1 aliphatic carbocycles. The van der Waals surface area contributed by atoms with Gasteiger partial charge in [0.1, 0.15) is 0 Å². The van der Waals surface area contributed by atoms with Gasteiger partial charge in [-0.05, 0) is 99.1 Å². The van der Waals surface area contributed by atoms with Crippen molar-refractivity contribution in [2.24, 2.45) is 35.3 Å². The maximum Gasteiger partial charge on any atom is 0.0233 e. The SMILES string of the molecule is C1CCNCC1.CC1C(C)C(C)C(CN)C1C.OCc1ccccc1.[CH3-].[Cl][Rh][Cl].c1ccc(CN2CCCCC2)cc1. The Morgan fingerprint density at radius 3 is 1.48 bits per heavy atom. The molecule has 2 aliphatic heterocycles. The molecule has 4 unspecified atom stereocenters. The molecule has 4 N–H and O–H groups in total. The minimum absolute atomic E-state index is 0. The second kappa shape index (κ2) is 26.8. The Bertz CT molecular complexity index is 813. The Morgan fingerprint density at radius 1 is 0.738 bits per heavy atom. The summed E-state index contributed by atoms with van der Waals surface area (Å²) in [6, 6.07) is 20.3. The van der Waals surface area contributed by atoms with E-state index in [9.17, 15) is 0 Å². The first-order valence-corrected chi connectivity index (χ1v) is 19.8. The van der Waals surface area contributed by atoms with Crippen LogP contribution in [0.4, 0.5) is 0 Å². The summed E-state index contributed by atoms with van der Waals surface area (Å²) in [6.07, 6.45) is 8.40. The Morgan fingerprint density at radius 2 is 1.17 bits per heavy atom. The maximum atomic E-state index is 8.54. The largest absolute Gasteiger partial charge is 0.299 e. The molecule has 1 saturated carbocycles. The van der Waals surface area contributed by atoms with Crippen molar-refractivity contribution in [2.45, 2.75) is 79.4 Å². The third-order valence-corrected chi connectivity index (χ3v) is 9.04.